The summed E-state index contributed by atoms with van der Waals surface area (Å²) in [5.41, 5.74) is 0. The number of carbonyl (C=O) groups is 4. The van der Waals surface area contributed by atoms with Gasteiger partial charge in [0.15, 0.2) is 0 Å². The molecule has 4 amide bonds. The first-order chi connectivity index (χ1) is 12.4. The molecule has 26 heavy (non-hydrogen) atoms. The largest absolute Gasteiger partial charge is 0.481 e. The highest BCUT2D eigenvalue weighted by atomic mass is 16.4. The third-order valence-corrected chi connectivity index (χ3v) is 6.19. The van der Waals surface area contributed by atoms with E-state index in [-0.39, 0.29) is 12.1 Å². The van der Waals surface area contributed by atoms with Crippen molar-refractivity contribution in [3.8, 4) is 0 Å². The standard InChI is InChI=1S/C19H28N2O5/c1-12(18(24)25)15-16(22)20(13-8-4-2-5-9-13)19(26)21(17(15)23)14-10-6-3-7-11-14/h12-15H,2-11H2,1H3,(H,24,25). The van der Waals surface area contributed by atoms with Crippen molar-refractivity contribution in [3.05, 3.63) is 0 Å². The topological polar surface area (TPSA) is 95.0 Å². The van der Waals surface area contributed by atoms with Gasteiger partial charge >= 0.3 is 12.0 Å². The number of carboxylic acid groups (broad SMARTS) is 1. The molecule has 0 aromatic rings. The van der Waals surface area contributed by atoms with Crippen LogP contribution in [0.2, 0.25) is 0 Å². The molecule has 2 saturated carbocycles. The summed E-state index contributed by atoms with van der Waals surface area (Å²) < 4.78 is 0. The van der Waals surface area contributed by atoms with Crippen molar-refractivity contribution >= 4 is 23.8 Å². The summed E-state index contributed by atoms with van der Waals surface area (Å²) in [4.78, 5) is 53.2. The smallest absolute Gasteiger partial charge is 0.333 e. The molecular weight excluding hydrogens is 336 g/mol. The van der Waals surface area contributed by atoms with Crippen molar-refractivity contribution < 1.29 is 24.3 Å². The van der Waals surface area contributed by atoms with Gasteiger partial charge in [-0.05, 0) is 25.7 Å². The summed E-state index contributed by atoms with van der Waals surface area (Å²) >= 11 is 0. The zero-order chi connectivity index (χ0) is 18.8. The van der Waals surface area contributed by atoms with Gasteiger partial charge in [-0.1, -0.05) is 45.4 Å². The lowest BCUT2D eigenvalue weighted by molar-refractivity contribution is -0.162. The number of imide groups is 2. The predicted molar refractivity (Wildman–Crippen MR) is 93.1 cm³/mol. The predicted octanol–water partition coefficient (Wildman–Crippen LogP) is 2.78. The van der Waals surface area contributed by atoms with Gasteiger partial charge in [0, 0.05) is 12.1 Å². The average molecular weight is 364 g/mol. The SMILES string of the molecule is CC(C(=O)O)C1C(=O)N(C2CCCCC2)C(=O)N(C2CCCCC2)C1=O. The monoisotopic (exact) mass is 364 g/mol. The van der Waals surface area contributed by atoms with Gasteiger partial charge in [-0.3, -0.25) is 24.2 Å². The first kappa shape index (κ1) is 18.9. The Bertz CT molecular complexity index is 553. The number of nitrogens with zero attached hydrogens (tertiary/aromatic N) is 2. The van der Waals surface area contributed by atoms with Crippen molar-refractivity contribution in [2.45, 2.75) is 83.2 Å². The number of rotatable bonds is 4. The molecule has 3 aliphatic rings. The van der Waals surface area contributed by atoms with Crippen LogP contribution in [0.5, 0.6) is 0 Å². The van der Waals surface area contributed by atoms with E-state index in [2.05, 4.69) is 0 Å². The number of hydrogen-bond acceptors (Lipinski definition) is 4. The Morgan fingerprint density at radius 2 is 1.23 bits per heavy atom. The molecule has 1 aliphatic heterocycles. The molecule has 1 atom stereocenters. The third-order valence-electron chi connectivity index (χ3n) is 6.19. The van der Waals surface area contributed by atoms with Crippen LogP contribution in [0.3, 0.4) is 0 Å². The van der Waals surface area contributed by atoms with E-state index >= 15 is 0 Å². The van der Waals surface area contributed by atoms with Crippen LogP contribution in [-0.4, -0.2) is 50.8 Å². The van der Waals surface area contributed by atoms with Crippen molar-refractivity contribution in [2.24, 2.45) is 11.8 Å². The highest BCUT2D eigenvalue weighted by molar-refractivity contribution is 6.17. The van der Waals surface area contributed by atoms with E-state index < -0.39 is 35.7 Å². The zero-order valence-corrected chi connectivity index (χ0v) is 15.4. The molecule has 3 rings (SSSR count). The summed E-state index contributed by atoms with van der Waals surface area (Å²) in [6.45, 7) is 1.39. The van der Waals surface area contributed by atoms with Crippen LogP contribution in [0.25, 0.3) is 0 Å². The van der Waals surface area contributed by atoms with E-state index in [1.807, 2.05) is 0 Å². The number of amides is 4. The van der Waals surface area contributed by atoms with Gasteiger partial charge in [-0.25, -0.2) is 4.79 Å². The van der Waals surface area contributed by atoms with E-state index in [9.17, 15) is 24.3 Å². The van der Waals surface area contributed by atoms with Gasteiger partial charge in [-0.15, -0.1) is 0 Å². The zero-order valence-electron chi connectivity index (χ0n) is 15.4. The maximum atomic E-state index is 13.1. The quantitative estimate of drug-likeness (QED) is 0.774. The van der Waals surface area contributed by atoms with Crippen LogP contribution in [0.15, 0.2) is 0 Å². The summed E-state index contributed by atoms with van der Waals surface area (Å²) in [5, 5.41) is 9.40. The van der Waals surface area contributed by atoms with Crippen LogP contribution in [-0.2, 0) is 14.4 Å². The van der Waals surface area contributed by atoms with Gasteiger partial charge in [0.1, 0.15) is 5.92 Å². The van der Waals surface area contributed by atoms with Crippen molar-refractivity contribution in [1.82, 2.24) is 9.80 Å². The number of carbonyl (C=O) groups excluding carboxylic acids is 3. The Labute approximate surface area is 153 Å². The molecule has 1 heterocycles. The molecule has 7 nitrogen and oxygen atoms in total. The Morgan fingerprint density at radius 1 is 0.846 bits per heavy atom. The fraction of sp³-hybridized carbons (Fsp3) is 0.789. The lowest BCUT2D eigenvalue weighted by atomic mass is 9.85. The van der Waals surface area contributed by atoms with E-state index in [0.717, 1.165) is 64.2 Å². The van der Waals surface area contributed by atoms with Crippen molar-refractivity contribution in [1.29, 1.82) is 0 Å². The second kappa shape index (κ2) is 7.76. The van der Waals surface area contributed by atoms with Crippen LogP contribution in [0.4, 0.5) is 4.79 Å². The van der Waals surface area contributed by atoms with Gasteiger partial charge in [0.25, 0.3) is 0 Å². The molecule has 0 aromatic carbocycles. The summed E-state index contributed by atoms with van der Waals surface area (Å²) in [6.07, 6.45) is 8.86. The van der Waals surface area contributed by atoms with E-state index in [1.54, 1.807) is 0 Å². The minimum Gasteiger partial charge on any atom is -0.481 e. The minimum absolute atomic E-state index is 0.216. The van der Waals surface area contributed by atoms with E-state index in [0.29, 0.717) is 0 Å². The molecule has 1 N–H and O–H groups in total. The fourth-order valence-electron chi connectivity index (χ4n) is 4.63. The number of carboxylic acids is 1. The van der Waals surface area contributed by atoms with Crippen LogP contribution in [0.1, 0.15) is 71.1 Å². The third kappa shape index (κ3) is 3.35. The lowest BCUT2D eigenvalue weighted by Gasteiger charge is -2.45. The first-order valence-corrected chi connectivity index (χ1v) is 9.86. The molecule has 2 aliphatic carbocycles. The number of barbiturate groups is 1. The van der Waals surface area contributed by atoms with Crippen LogP contribution < -0.4 is 0 Å². The molecule has 0 aromatic heterocycles. The van der Waals surface area contributed by atoms with Crippen molar-refractivity contribution in [3.63, 3.8) is 0 Å². The summed E-state index contributed by atoms with van der Waals surface area (Å²) in [7, 11) is 0. The second-order valence-corrected chi connectivity index (χ2v) is 7.89. The molecule has 3 fully saturated rings. The highest BCUT2D eigenvalue weighted by Crippen LogP contribution is 2.34. The number of aliphatic carboxylic acids is 1. The Hall–Kier alpha value is -1.92. The molecule has 0 radical (unpaired) electrons. The maximum absolute atomic E-state index is 13.1. The van der Waals surface area contributed by atoms with Crippen LogP contribution >= 0.6 is 0 Å². The van der Waals surface area contributed by atoms with Crippen LogP contribution in [0, 0.1) is 11.8 Å². The van der Waals surface area contributed by atoms with Gasteiger partial charge in [0.05, 0.1) is 5.92 Å². The Kier molecular flexibility index (Phi) is 5.63. The molecule has 1 saturated heterocycles. The van der Waals surface area contributed by atoms with E-state index in [4.69, 9.17) is 0 Å². The first-order valence-electron chi connectivity index (χ1n) is 9.86. The minimum atomic E-state index is -1.30. The summed E-state index contributed by atoms with van der Waals surface area (Å²) in [5.74, 6) is -4.85. The van der Waals surface area contributed by atoms with Gasteiger partial charge in [-0.2, -0.15) is 0 Å². The number of hydrogen-bond donors (Lipinski definition) is 1. The van der Waals surface area contributed by atoms with Crippen molar-refractivity contribution in [2.75, 3.05) is 0 Å². The second-order valence-electron chi connectivity index (χ2n) is 7.89. The van der Waals surface area contributed by atoms with Gasteiger partial charge < -0.3 is 5.11 Å². The maximum Gasteiger partial charge on any atom is 0.333 e. The average Bonchev–Trinajstić information content (AvgIpc) is 2.63. The fourth-order valence-corrected chi connectivity index (χ4v) is 4.63. The Balaban J connectivity index is 1.95. The Morgan fingerprint density at radius 3 is 1.58 bits per heavy atom. The molecule has 144 valence electrons. The molecular formula is C19H28N2O5. The molecule has 0 bridgehead atoms. The highest BCUT2D eigenvalue weighted by Gasteiger charge is 2.53. The normalized spacial score (nSPS) is 25.7. The summed E-state index contributed by atoms with van der Waals surface area (Å²) in [6, 6.07) is -0.953. The lowest BCUT2D eigenvalue weighted by Crippen LogP contribution is -2.66. The number of urea groups is 1. The molecule has 1 unspecified atom stereocenters. The molecule has 7 heteroatoms. The van der Waals surface area contributed by atoms with E-state index in [1.165, 1.54) is 16.7 Å². The molecule has 0 spiro atoms. The van der Waals surface area contributed by atoms with Gasteiger partial charge in [0.2, 0.25) is 11.8 Å².